The first-order chi connectivity index (χ1) is 18.4. The Morgan fingerprint density at radius 2 is 1.79 bits per heavy atom. The number of carbonyl (C=O) groups is 1. The van der Waals surface area contributed by atoms with E-state index in [-0.39, 0.29) is 12.1 Å². The number of anilines is 2. The van der Waals surface area contributed by atoms with Crippen LogP contribution in [-0.4, -0.2) is 56.0 Å². The predicted octanol–water partition coefficient (Wildman–Crippen LogP) is 4.21. The first-order valence-electron chi connectivity index (χ1n) is 12.6. The van der Waals surface area contributed by atoms with Crippen LogP contribution >= 0.6 is 0 Å². The van der Waals surface area contributed by atoms with Crippen LogP contribution in [0.15, 0.2) is 60.9 Å². The van der Waals surface area contributed by atoms with Crippen LogP contribution in [0.3, 0.4) is 0 Å². The molecule has 0 radical (unpaired) electrons. The molecule has 4 heterocycles. The zero-order valence-corrected chi connectivity index (χ0v) is 21.1. The van der Waals surface area contributed by atoms with Crippen molar-refractivity contribution in [2.75, 3.05) is 16.8 Å². The van der Waals surface area contributed by atoms with Crippen molar-refractivity contribution in [3.63, 3.8) is 0 Å². The Bertz CT molecular complexity index is 1580. The van der Waals surface area contributed by atoms with Gasteiger partial charge in [-0.2, -0.15) is 5.10 Å². The van der Waals surface area contributed by atoms with Crippen LogP contribution in [0.1, 0.15) is 25.7 Å². The zero-order valence-electron chi connectivity index (χ0n) is 21.1. The second-order valence-corrected chi connectivity index (χ2v) is 9.87. The lowest BCUT2D eigenvalue weighted by Crippen LogP contribution is -2.43. The quantitative estimate of drug-likeness (QED) is 0.393. The number of rotatable bonds is 4. The van der Waals surface area contributed by atoms with Crippen molar-refractivity contribution < 1.29 is 14.7 Å². The summed E-state index contributed by atoms with van der Waals surface area (Å²) in [5.74, 6) is 2.61. The second-order valence-electron chi connectivity index (χ2n) is 9.87. The van der Waals surface area contributed by atoms with E-state index in [1.54, 1.807) is 17.1 Å². The minimum atomic E-state index is -0.999. The Morgan fingerprint density at radius 3 is 2.45 bits per heavy atom. The molecule has 192 valence electrons. The van der Waals surface area contributed by atoms with Crippen LogP contribution < -0.4 is 15.1 Å². The van der Waals surface area contributed by atoms with Crippen molar-refractivity contribution in [1.82, 2.24) is 25.1 Å². The fourth-order valence-corrected chi connectivity index (χ4v) is 5.64. The molecule has 0 saturated heterocycles. The Balaban J connectivity index is 1.38. The topological polar surface area (TPSA) is 116 Å². The van der Waals surface area contributed by atoms with E-state index in [1.807, 2.05) is 55.7 Å². The van der Waals surface area contributed by atoms with E-state index in [2.05, 4.69) is 37.3 Å². The van der Waals surface area contributed by atoms with Gasteiger partial charge in [-0.1, -0.05) is 12.1 Å². The molecule has 6 rings (SSSR count). The molecule has 38 heavy (non-hydrogen) atoms. The average Bonchev–Trinajstić information content (AvgIpc) is 3.49. The van der Waals surface area contributed by atoms with Crippen molar-refractivity contribution in [3.8, 4) is 22.4 Å². The largest absolute Gasteiger partial charge is 0.465 e. The maximum atomic E-state index is 12.2. The van der Waals surface area contributed by atoms with Crippen LogP contribution in [0.25, 0.3) is 33.3 Å². The summed E-state index contributed by atoms with van der Waals surface area (Å²) in [5, 5.41) is 16.9. The number of hydrogen-bond donors (Lipinski definition) is 2. The maximum absolute atomic E-state index is 12.2. The Labute approximate surface area is 219 Å². The fraction of sp³-hybridized carbons (Fsp3) is 0.286. The first kappa shape index (κ1) is 23.7. The molecule has 4 aromatic rings. The highest BCUT2D eigenvalue weighted by Gasteiger charge is 2.38. The number of nitrogens with one attached hydrogen (secondary N) is 1. The number of fused-ring (bicyclic) bond motifs is 3. The third-order valence-corrected chi connectivity index (χ3v) is 7.55. The zero-order chi connectivity index (χ0) is 26.4. The molecule has 10 heteroatoms. The number of amides is 1. The van der Waals surface area contributed by atoms with Gasteiger partial charge in [0, 0.05) is 55.1 Å². The predicted molar refractivity (Wildman–Crippen MR) is 144 cm³/mol. The van der Waals surface area contributed by atoms with Crippen molar-refractivity contribution in [2.24, 2.45) is 7.05 Å². The fourth-order valence-electron chi connectivity index (χ4n) is 5.64. The molecule has 1 aliphatic carbocycles. The van der Waals surface area contributed by atoms with Crippen LogP contribution in [0.2, 0.25) is 0 Å². The average molecular weight is 510 g/mol. The number of carboxylic acid groups (broad SMARTS) is 1. The number of carbonyl (C=O) groups excluding carboxylic acids is 1. The van der Waals surface area contributed by atoms with E-state index in [1.165, 1.54) is 0 Å². The van der Waals surface area contributed by atoms with Crippen LogP contribution in [0, 0.1) is 0 Å². The van der Waals surface area contributed by atoms with E-state index < -0.39 is 6.09 Å². The lowest BCUT2D eigenvalue weighted by atomic mass is 9.89. The summed E-state index contributed by atoms with van der Waals surface area (Å²) < 4.78 is 1.75. The smallest absolute Gasteiger partial charge is 0.404 e. The summed E-state index contributed by atoms with van der Waals surface area (Å²) in [7, 11) is 3.74. The van der Waals surface area contributed by atoms with Crippen LogP contribution in [0.4, 0.5) is 16.2 Å². The Kier molecular flexibility index (Phi) is 5.81. The highest BCUT2D eigenvalue weighted by molar-refractivity contribution is 6.05. The highest BCUT2D eigenvalue weighted by Crippen LogP contribution is 2.47. The van der Waals surface area contributed by atoms with Gasteiger partial charge in [-0.15, -0.1) is 0 Å². The van der Waals surface area contributed by atoms with Gasteiger partial charge >= 0.3 is 6.09 Å². The van der Waals surface area contributed by atoms with E-state index in [4.69, 9.17) is 5.11 Å². The van der Waals surface area contributed by atoms with E-state index in [9.17, 15) is 9.59 Å². The summed E-state index contributed by atoms with van der Waals surface area (Å²) in [6.07, 6.45) is 9.32. The summed E-state index contributed by atoms with van der Waals surface area (Å²) in [4.78, 5) is 36.5. The van der Waals surface area contributed by atoms with Crippen molar-refractivity contribution in [1.29, 1.82) is 0 Å². The minimum absolute atomic E-state index is 0.0525. The third-order valence-electron chi connectivity index (χ3n) is 7.55. The Hall–Kier alpha value is -4.69. The van der Waals surface area contributed by atoms with Crippen molar-refractivity contribution >= 4 is 34.3 Å². The first-order valence-corrected chi connectivity index (χ1v) is 12.6. The molecule has 1 aliphatic heterocycles. The molecule has 1 amide bonds. The van der Waals surface area contributed by atoms with Gasteiger partial charge in [0.2, 0.25) is 5.82 Å². The highest BCUT2D eigenvalue weighted by atomic mass is 16.4. The molecule has 2 aliphatic rings. The molecule has 0 atom stereocenters. The molecular weight excluding hydrogens is 482 g/mol. The summed E-state index contributed by atoms with van der Waals surface area (Å²) in [5.41, 5.74) is 6.40. The number of hydrogen-bond acceptors (Lipinski definition) is 7. The lowest BCUT2D eigenvalue weighted by molar-refractivity contribution is 0.185. The lowest BCUT2D eigenvalue weighted by Gasteiger charge is -2.36. The van der Waals surface area contributed by atoms with Gasteiger partial charge in [-0.05, 0) is 49.4 Å². The molecule has 3 aromatic heterocycles. The van der Waals surface area contributed by atoms with Gasteiger partial charge in [0.05, 0.1) is 35.0 Å². The van der Waals surface area contributed by atoms with Gasteiger partial charge in [0.25, 0.3) is 0 Å². The minimum Gasteiger partial charge on any atom is -0.465 e. The number of aryl methyl sites for hydroxylation is 1. The Morgan fingerprint density at radius 1 is 1.00 bits per heavy atom. The molecule has 2 N–H and O–H groups in total. The molecule has 0 bridgehead atoms. The number of pyridine rings is 2. The van der Waals surface area contributed by atoms with Crippen molar-refractivity contribution in [3.05, 3.63) is 60.9 Å². The van der Waals surface area contributed by atoms with Gasteiger partial charge in [-0.25, -0.2) is 9.59 Å². The normalized spacial score (nSPS) is 18.9. The van der Waals surface area contributed by atoms with E-state index in [0.29, 0.717) is 18.7 Å². The summed E-state index contributed by atoms with van der Waals surface area (Å²) >= 11 is 0. The molecule has 1 fully saturated rings. The molecule has 0 spiro atoms. The van der Waals surface area contributed by atoms with Gasteiger partial charge in [0.1, 0.15) is 0 Å². The third kappa shape index (κ3) is 4.05. The van der Waals surface area contributed by atoms with E-state index in [0.717, 1.165) is 57.5 Å². The molecule has 1 saturated carbocycles. The monoisotopic (exact) mass is 509 g/mol. The van der Waals surface area contributed by atoms with Gasteiger partial charge < -0.3 is 20.2 Å². The van der Waals surface area contributed by atoms with Crippen LogP contribution in [-0.2, 0) is 11.8 Å². The second kappa shape index (κ2) is 9.32. The van der Waals surface area contributed by atoms with Gasteiger partial charge in [0.15, 0.2) is 5.94 Å². The maximum Gasteiger partial charge on any atom is 0.404 e. The summed E-state index contributed by atoms with van der Waals surface area (Å²) in [6.45, 7) is 0. The van der Waals surface area contributed by atoms with Crippen molar-refractivity contribution in [2.45, 2.75) is 37.8 Å². The number of aromatic nitrogens is 4. The number of benzene rings is 1. The van der Waals surface area contributed by atoms with Crippen LogP contribution in [0.5, 0.6) is 0 Å². The number of nitrogens with zero attached hydrogens (tertiary/aromatic N) is 6. The molecule has 10 nitrogen and oxygen atoms in total. The molecule has 1 aromatic carbocycles. The molecule has 0 unspecified atom stereocenters. The van der Waals surface area contributed by atoms with Gasteiger partial charge in [-0.3, -0.25) is 14.6 Å². The summed E-state index contributed by atoms with van der Waals surface area (Å²) in [6, 6.07) is 10.1. The SMILES string of the molecule is CN1C(=C=O)N(C2CCC(NC(=O)O)CC2)c2c1cnc1ccc(-c3ccc(-c4cnn(C)c4)nc3)cc21. The van der Waals surface area contributed by atoms with E-state index >= 15 is 0 Å². The molecular formula is C28H27N7O3. The standard InChI is InChI=1S/C28H27N7O3/c1-33-15-19(13-31-33)23-9-4-18(12-29-23)17-3-10-24-22(11-17)27-25(14-30-24)34(2)26(16-36)35(27)21-7-5-20(6-8-21)32-28(37)38/h3-4,9-15,20-21,32H,5-8H2,1-2H3,(H,37,38).